The van der Waals surface area contributed by atoms with Gasteiger partial charge in [0, 0.05) is 25.5 Å². The zero-order valence-corrected chi connectivity index (χ0v) is 19.9. The van der Waals surface area contributed by atoms with Gasteiger partial charge in [-0.1, -0.05) is 24.3 Å². The standard InChI is InChI=1S/C21H27N5OS.HI/c1-3-23-20(25-15-21(2,27)19-8-11-28-14-19)24-12-17-4-6-18(7-5-17)13-26-10-9-22-16-26;/h4-11,14,16,27H,3,12-13,15H2,1-2H3,(H2,23,24,25);1H. The molecular formula is C21H28IN5OS. The maximum absolute atomic E-state index is 10.7. The van der Waals surface area contributed by atoms with Gasteiger partial charge in [-0.3, -0.25) is 0 Å². The van der Waals surface area contributed by atoms with E-state index in [1.54, 1.807) is 17.5 Å². The Morgan fingerprint density at radius 3 is 2.59 bits per heavy atom. The first-order valence-corrected chi connectivity index (χ1v) is 10.3. The first-order chi connectivity index (χ1) is 13.6. The number of rotatable bonds is 8. The van der Waals surface area contributed by atoms with Crippen LogP contribution in [0.1, 0.15) is 30.5 Å². The van der Waals surface area contributed by atoms with Crippen molar-refractivity contribution in [2.45, 2.75) is 32.5 Å². The van der Waals surface area contributed by atoms with Gasteiger partial charge in [-0.2, -0.15) is 11.3 Å². The van der Waals surface area contributed by atoms with Crippen molar-refractivity contribution in [3.05, 3.63) is 76.5 Å². The number of hydrogen-bond acceptors (Lipinski definition) is 4. The van der Waals surface area contributed by atoms with Crippen LogP contribution in [-0.2, 0) is 18.7 Å². The minimum Gasteiger partial charge on any atom is -0.384 e. The van der Waals surface area contributed by atoms with Gasteiger partial charge in [0.2, 0.25) is 0 Å². The van der Waals surface area contributed by atoms with Gasteiger partial charge in [0.25, 0.3) is 0 Å². The quantitative estimate of drug-likeness (QED) is 0.239. The Hall–Kier alpha value is -1.91. The van der Waals surface area contributed by atoms with Gasteiger partial charge in [-0.05, 0) is 47.4 Å². The molecule has 1 aromatic carbocycles. The molecule has 0 aliphatic rings. The van der Waals surface area contributed by atoms with Crippen LogP contribution in [0.25, 0.3) is 0 Å². The summed E-state index contributed by atoms with van der Waals surface area (Å²) in [5.74, 6) is 0.695. The smallest absolute Gasteiger partial charge is 0.191 e. The summed E-state index contributed by atoms with van der Waals surface area (Å²) in [4.78, 5) is 8.71. The summed E-state index contributed by atoms with van der Waals surface area (Å²) in [5.41, 5.74) is 2.33. The summed E-state index contributed by atoms with van der Waals surface area (Å²) in [6.45, 7) is 6.37. The van der Waals surface area contributed by atoms with Crippen LogP contribution in [0.2, 0.25) is 0 Å². The molecule has 3 aromatic rings. The van der Waals surface area contributed by atoms with Crippen molar-refractivity contribution in [3.63, 3.8) is 0 Å². The van der Waals surface area contributed by atoms with Crippen LogP contribution in [0.4, 0.5) is 0 Å². The molecule has 0 fully saturated rings. The molecule has 156 valence electrons. The van der Waals surface area contributed by atoms with Gasteiger partial charge in [0.15, 0.2) is 5.96 Å². The number of guanidine groups is 1. The Labute approximate surface area is 193 Å². The van der Waals surface area contributed by atoms with E-state index in [9.17, 15) is 5.11 Å². The summed E-state index contributed by atoms with van der Waals surface area (Å²) >= 11 is 1.58. The van der Waals surface area contributed by atoms with Crippen molar-refractivity contribution in [1.82, 2.24) is 20.2 Å². The topological polar surface area (TPSA) is 74.5 Å². The number of imidazole rings is 1. The Bertz CT molecular complexity index is 861. The van der Waals surface area contributed by atoms with Gasteiger partial charge in [-0.15, -0.1) is 24.0 Å². The molecule has 2 aromatic heterocycles. The molecule has 0 aliphatic carbocycles. The number of benzene rings is 1. The Kier molecular flexibility index (Phi) is 9.12. The van der Waals surface area contributed by atoms with Crippen molar-refractivity contribution < 1.29 is 5.11 Å². The summed E-state index contributed by atoms with van der Waals surface area (Å²) in [5, 5.41) is 21.1. The molecule has 0 amide bonds. The van der Waals surface area contributed by atoms with E-state index in [0.717, 1.165) is 24.2 Å². The van der Waals surface area contributed by atoms with Crippen LogP contribution in [0.5, 0.6) is 0 Å². The normalized spacial score (nSPS) is 13.4. The largest absolute Gasteiger partial charge is 0.384 e. The van der Waals surface area contributed by atoms with E-state index in [2.05, 4.69) is 44.9 Å². The van der Waals surface area contributed by atoms with E-state index in [1.165, 1.54) is 5.56 Å². The molecular weight excluding hydrogens is 497 g/mol. The monoisotopic (exact) mass is 525 g/mol. The predicted octanol–water partition coefficient (Wildman–Crippen LogP) is 3.57. The molecule has 3 N–H and O–H groups in total. The molecule has 0 radical (unpaired) electrons. The van der Waals surface area contributed by atoms with Crippen molar-refractivity contribution in [1.29, 1.82) is 0 Å². The average Bonchev–Trinajstić information content (AvgIpc) is 3.39. The molecule has 1 unspecified atom stereocenters. The van der Waals surface area contributed by atoms with Crippen molar-refractivity contribution >= 4 is 41.3 Å². The molecule has 0 saturated heterocycles. The van der Waals surface area contributed by atoms with Gasteiger partial charge in [-0.25, -0.2) is 9.98 Å². The van der Waals surface area contributed by atoms with E-state index in [1.807, 2.05) is 47.8 Å². The van der Waals surface area contributed by atoms with E-state index >= 15 is 0 Å². The van der Waals surface area contributed by atoms with Crippen LogP contribution in [-0.4, -0.2) is 33.7 Å². The maximum atomic E-state index is 10.7. The van der Waals surface area contributed by atoms with Gasteiger partial charge >= 0.3 is 0 Å². The molecule has 6 nitrogen and oxygen atoms in total. The lowest BCUT2D eigenvalue weighted by Crippen LogP contribution is -2.44. The van der Waals surface area contributed by atoms with Crippen molar-refractivity contribution in [2.75, 3.05) is 13.1 Å². The third-order valence-corrected chi connectivity index (χ3v) is 5.14. The predicted molar refractivity (Wildman–Crippen MR) is 130 cm³/mol. The molecule has 1 atom stereocenters. The van der Waals surface area contributed by atoms with Gasteiger partial charge < -0.3 is 20.3 Å². The van der Waals surface area contributed by atoms with E-state index in [-0.39, 0.29) is 24.0 Å². The zero-order chi connectivity index (χ0) is 19.8. The molecule has 0 aliphatic heterocycles. The van der Waals surface area contributed by atoms with Crippen LogP contribution in [0.15, 0.2) is 64.8 Å². The fraction of sp³-hybridized carbons (Fsp3) is 0.333. The van der Waals surface area contributed by atoms with Crippen molar-refractivity contribution in [3.8, 4) is 0 Å². The second kappa shape index (κ2) is 11.3. The van der Waals surface area contributed by atoms with Crippen molar-refractivity contribution in [2.24, 2.45) is 4.99 Å². The zero-order valence-electron chi connectivity index (χ0n) is 16.7. The van der Waals surface area contributed by atoms with E-state index < -0.39 is 5.60 Å². The number of aromatic nitrogens is 2. The van der Waals surface area contributed by atoms with Crippen LogP contribution in [0, 0.1) is 0 Å². The van der Waals surface area contributed by atoms with Crippen LogP contribution >= 0.6 is 35.3 Å². The second-order valence-corrected chi connectivity index (χ2v) is 7.67. The summed E-state index contributed by atoms with van der Waals surface area (Å²) in [7, 11) is 0. The second-order valence-electron chi connectivity index (χ2n) is 6.89. The number of nitrogens with one attached hydrogen (secondary N) is 2. The Balaban J connectivity index is 0.00000300. The van der Waals surface area contributed by atoms with E-state index in [4.69, 9.17) is 0 Å². The number of aliphatic hydroxyl groups is 1. The van der Waals surface area contributed by atoms with Gasteiger partial charge in [0.05, 0.1) is 19.4 Å². The fourth-order valence-corrected chi connectivity index (χ4v) is 3.56. The van der Waals surface area contributed by atoms with Gasteiger partial charge in [0.1, 0.15) is 5.60 Å². The third-order valence-electron chi connectivity index (χ3n) is 4.45. The fourth-order valence-electron chi connectivity index (χ4n) is 2.78. The summed E-state index contributed by atoms with van der Waals surface area (Å²) < 4.78 is 2.04. The first-order valence-electron chi connectivity index (χ1n) is 9.37. The summed E-state index contributed by atoms with van der Waals surface area (Å²) in [6.07, 6.45) is 5.56. The highest BCUT2D eigenvalue weighted by molar-refractivity contribution is 14.0. The molecule has 0 spiro atoms. The lowest BCUT2D eigenvalue weighted by Gasteiger charge is -2.24. The molecule has 8 heteroatoms. The summed E-state index contributed by atoms with van der Waals surface area (Å²) in [6, 6.07) is 10.4. The Morgan fingerprint density at radius 2 is 1.97 bits per heavy atom. The molecule has 2 heterocycles. The molecule has 0 bridgehead atoms. The molecule has 0 saturated carbocycles. The van der Waals surface area contributed by atoms with Crippen LogP contribution < -0.4 is 10.6 Å². The average molecular weight is 525 g/mol. The highest BCUT2D eigenvalue weighted by Gasteiger charge is 2.23. The van der Waals surface area contributed by atoms with Crippen LogP contribution in [0.3, 0.4) is 0 Å². The maximum Gasteiger partial charge on any atom is 0.191 e. The number of aliphatic imine (C=N–C) groups is 1. The minimum atomic E-state index is -0.939. The number of halogens is 1. The SMILES string of the molecule is CCNC(=NCc1ccc(Cn2ccnc2)cc1)NCC(C)(O)c1ccsc1.I. The highest BCUT2D eigenvalue weighted by atomic mass is 127. The molecule has 29 heavy (non-hydrogen) atoms. The Morgan fingerprint density at radius 1 is 1.21 bits per heavy atom. The highest BCUT2D eigenvalue weighted by Crippen LogP contribution is 2.21. The number of nitrogens with zero attached hydrogens (tertiary/aromatic N) is 3. The lowest BCUT2D eigenvalue weighted by molar-refractivity contribution is 0.0621. The first kappa shape index (κ1) is 23.4. The number of thiophene rings is 1. The minimum absolute atomic E-state index is 0. The third kappa shape index (κ3) is 7.13. The molecule has 3 rings (SSSR count). The van der Waals surface area contributed by atoms with E-state index in [0.29, 0.717) is 19.0 Å². The number of hydrogen-bond donors (Lipinski definition) is 3. The lowest BCUT2D eigenvalue weighted by atomic mass is 9.99.